The van der Waals surface area contributed by atoms with Crippen LogP contribution >= 0.6 is 77.0 Å². The molecule has 0 radical (unpaired) electrons. The van der Waals surface area contributed by atoms with Gasteiger partial charge in [0.2, 0.25) is 0 Å². The zero-order chi connectivity index (χ0) is 13.3. The summed E-state index contributed by atoms with van der Waals surface area (Å²) in [7, 11) is 0. The molecule has 0 heterocycles. The van der Waals surface area contributed by atoms with E-state index in [1.54, 1.807) is 0 Å². The van der Waals surface area contributed by atoms with Gasteiger partial charge in [0.25, 0.3) is 0 Å². The lowest BCUT2D eigenvalue weighted by Crippen LogP contribution is -2.18. The fraction of sp³-hybridized carbons (Fsp3) is 0.727. The van der Waals surface area contributed by atoms with Gasteiger partial charge < -0.3 is 4.74 Å². The number of ether oxygens (including phenoxy) is 1. The minimum absolute atomic E-state index is 0.166. The van der Waals surface area contributed by atoms with Gasteiger partial charge in [-0.2, -0.15) is 0 Å². The topological polar surface area (TPSA) is 26.3 Å². The van der Waals surface area contributed by atoms with Crippen molar-refractivity contribution in [2.75, 3.05) is 6.61 Å². The van der Waals surface area contributed by atoms with E-state index < -0.39 is 0 Å². The Hall–Kier alpha value is 1.63. The van der Waals surface area contributed by atoms with Crippen LogP contribution in [-0.2, 0) is 9.53 Å². The van der Waals surface area contributed by atoms with Crippen LogP contribution in [0.4, 0.5) is 0 Å². The minimum atomic E-state index is -0.170. The molecule has 0 aliphatic carbocycles. The average molecular weight is 594 g/mol. The fourth-order valence-electron chi connectivity index (χ4n) is 1.15. The van der Waals surface area contributed by atoms with E-state index in [1.165, 1.54) is 19.3 Å². The summed E-state index contributed by atoms with van der Waals surface area (Å²) in [5.74, 6) is -0.166. The molecule has 2 nitrogen and oxygen atoms in total. The normalized spacial score (nSPS) is 14.2. The molecule has 0 amide bonds. The molecule has 0 aliphatic rings. The predicted molar refractivity (Wildman–Crippen MR) is 96.4 cm³/mol. The first kappa shape index (κ1) is 18.6. The first-order chi connectivity index (χ1) is 7.99. The molecule has 6 heteroatoms. The van der Waals surface area contributed by atoms with Gasteiger partial charge in [0.15, 0.2) is 0 Å². The van der Waals surface area contributed by atoms with Gasteiger partial charge in [-0.3, -0.25) is 4.79 Å². The van der Waals surface area contributed by atoms with Gasteiger partial charge in [0, 0.05) is 3.58 Å². The largest absolute Gasteiger partial charge is 0.459 e. The van der Waals surface area contributed by atoms with Crippen molar-refractivity contribution in [3.05, 3.63) is 6.07 Å². The number of hydrogen-bond acceptors (Lipinski definition) is 2. The number of esters is 1. The third-order valence-corrected chi connectivity index (χ3v) is 6.70. The highest BCUT2D eigenvalue weighted by atomic mass is 127. The number of alkyl halides is 1. The molecule has 0 saturated heterocycles. The van der Waals surface area contributed by atoms with Gasteiger partial charge in [-0.1, -0.05) is 48.5 Å². The van der Waals surface area contributed by atoms with Crippen molar-refractivity contribution in [3.63, 3.8) is 0 Å². The Balaban J connectivity index is 3.79. The lowest BCUT2D eigenvalue weighted by Gasteiger charge is -2.09. The monoisotopic (exact) mass is 592 g/mol. The molecular formula is C11H16Br2I2O2. The first-order valence-corrected chi connectivity index (χ1v) is 9.36. The van der Waals surface area contributed by atoms with E-state index in [2.05, 4.69) is 84.0 Å². The third-order valence-electron chi connectivity index (χ3n) is 2.11. The fourth-order valence-corrected chi connectivity index (χ4v) is 2.03. The molecule has 0 rings (SSSR count). The van der Waals surface area contributed by atoms with Crippen LogP contribution in [0, 0.1) is 0 Å². The van der Waals surface area contributed by atoms with E-state index >= 15 is 0 Å². The van der Waals surface area contributed by atoms with Gasteiger partial charge >= 0.3 is 5.97 Å². The second-order valence-electron chi connectivity index (χ2n) is 3.59. The van der Waals surface area contributed by atoms with Crippen LogP contribution in [0.5, 0.6) is 0 Å². The molecule has 0 aliphatic heterocycles. The lowest BCUT2D eigenvalue weighted by molar-refractivity contribution is -0.141. The van der Waals surface area contributed by atoms with E-state index in [1.807, 2.05) is 0 Å². The van der Waals surface area contributed by atoms with E-state index in [-0.39, 0.29) is 10.8 Å². The molecule has 1 atom stereocenters. The molecule has 1 unspecified atom stereocenters. The highest BCUT2D eigenvalue weighted by Gasteiger charge is 2.16. The Morgan fingerprint density at radius 3 is 2.47 bits per heavy atom. The molecule has 0 saturated carbocycles. The summed E-state index contributed by atoms with van der Waals surface area (Å²) in [6, 6.07) is 0. The Bertz CT molecular complexity index is 266. The van der Waals surface area contributed by atoms with E-state index in [4.69, 9.17) is 4.74 Å². The highest BCUT2D eigenvalue weighted by molar-refractivity contribution is 14.1. The van der Waals surface area contributed by atoms with Gasteiger partial charge in [0.05, 0.1) is 2.49 Å². The van der Waals surface area contributed by atoms with Crippen LogP contribution in [-0.4, -0.2) is 17.4 Å². The maximum Gasteiger partial charge on any atom is 0.320 e. The van der Waals surface area contributed by atoms with Crippen LogP contribution in [0.3, 0.4) is 0 Å². The molecule has 17 heavy (non-hydrogen) atoms. The minimum Gasteiger partial charge on any atom is -0.459 e. The van der Waals surface area contributed by atoms with Crippen molar-refractivity contribution >= 4 is 83.0 Å². The Morgan fingerprint density at radius 1 is 1.29 bits per heavy atom. The van der Waals surface area contributed by atoms with Crippen molar-refractivity contribution in [2.24, 2.45) is 0 Å². The van der Waals surface area contributed by atoms with Crippen LogP contribution < -0.4 is 0 Å². The maximum atomic E-state index is 11.6. The number of carbonyl (C=O) groups is 1. The van der Waals surface area contributed by atoms with Gasteiger partial charge in [-0.05, 0) is 67.5 Å². The Labute approximate surface area is 147 Å². The molecule has 100 valence electrons. The zero-order valence-corrected chi connectivity index (χ0v) is 17.1. The van der Waals surface area contributed by atoms with E-state index in [0.717, 1.165) is 18.9 Å². The summed E-state index contributed by atoms with van der Waals surface area (Å²) in [6.45, 7) is 2.52. The van der Waals surface area contributed by atoms with Crippen molar-refractivity contribution in [1.29, 1.82) is 0 Å². The maximum absolute atomic E-state index is 11.6. The lowest BCUT2D eigenvalue weighted by atomic mass is 10.1. The van der Waals surface area contributed by atoms with E-state index in [0.29, 0.717) is 6.61 Å². The second kappa shape index (κ2) is 11.5. The SMILES string of the molecule is CCCCCCC(Br)C(=O)OCC(I)=C(Br)I. The van der Waals surface area contributed by atoms with Crippen molar-refractivity contribution in [1.82, 2.24) is 0 Å². The number of halogens is 4. The molecule has 0 aromatic rings. The van der Waals surface area contributed by atoms with Gasteiger partial charge in [0.1, 0.15) is 11.4 Å². The highest BCUT2D eigenvalue weighted by Crippen LogP contribution is 2.25. The molecule has 0 aromatic carbocycles. The summed E-state index contributed by atoms with van der Waals surface area (Å²) in [5, 5.41) is 0. The predicted octanol–water partition coefficient (Wildman–Crippen LogP) is 5.70. The van der Waals surface area contributed by atoms with Gasteiger partial charge in [-0.15, -0.1) is 0 Å². The molecular weight excluding hydrogens is 578 g/mol. The second-order valence-corrected chi connectivity index (χ2v) is 9.35. The standard InChI is InChI=1S/C11H16Br2I2O2/c1-2-3-4-5-6-8(12)11(16)17-7-9(14)10(13)15/h8H,2-7H2,1H3. The quantitative estimate of drug-likeness (QED) is 0.156. The molecule has 0 spiro atoms. The summed E-state index contributed by atoms with van der Waals surface area (Å²) in [6.07, 6.45) is 5.55. The first-order valence-electron chi connectivity index (χ1n) is 5.49. The Kier molecular flexibility index (Phi) is 12.6. The zero-order valence-electron chi connectivity index (χ0n) is 9.65. The Morgan fingerprint density at radius 2 is 1.94 bits per heavy atom. The molecule has 0 bridgehead atoms. The third kappa shape index (κ3) is 10.1. The van der Waals surface area contributed by atoms with Crippen LogP contribution in [0.15, 0.2) is 6.07 Å². The summed E-state index contributed by atoms with van der Waals surface area (Å²) in [4.78, 5) is 11.5. The molecule has 0 fully saturated rings. The average Bonchev–Trinajstić information content (AvgIpc) is 2.30. The number of hydrogen-bond donors (Lipinski definition) is 0. The number of unbranched alkanes of at least 4 members (excludes halogenated alkanes) is 3. The molecule has 0 aromatic heterocycles. The van der Waals surface area contributed by atoms with Gasteiger partial charge in [-0.25, -0.2) is 0 Å². The van der Waals surface area contributed by atoms with Crippen molar-refractivity contribution < 1.29 is 9.53 Å². The van der Waals surface area contributed by atoms with E-state index in [9.17, 15) is 4.79 Å². The number of carbonyl (C=O) groups excluding carboxylic acids is 1. The van der Waals surface area contributed by atoms with Crippen LogP contribution in [0.25, 0.3) is 0 Å². The summed E-state index contributed by atoms with van der Waals surface area (Å²) in [5.41, 5.74) is 0. The smallest absolute Gasteiger partial charge is 0.320 e. The van der Waals surface area contributed by atoms with Crippen LogP contribution in [0.2, 0.25) is 0 Å². The molecule has 0 N–H and O–H groups in total. The van der Waals surface area contributed by atoms with Crippen molar-refractivity contribution in [3.8, 4) is 0 Å². The number of rotatable bonds is 8. The summed E-state index contributed by atoms with van der Waals surface area (Å²) < 4.78 is 7.18. The van der Waals surface area contributed by atoms with Crippen LogP contribution in [0.1, 0.15) is 39.0 Å². The summed E-state index contributed by atoms with van der Waals surface area (Å²) >= 11 is 11.0. The van der Waals surface area contributed by atoms with Crippen molar-refractivity contribution in [2.45, 2.75) is 43.9 Å².